The topological polar surface area (TPSA) is 94.3 Å². The van der Waals surface area contributed by atoms with Crippen LogP contribution in [0.1, 0.15) is 45.9 Å². The van der Waals surface area contributed by atoms with Crippen molar-refractivity contribution >= 4 is 23.2 Å². The minimum Gasteiger partial charge on any atom is -0.465 e. The van der Waals surface area contributed by atoms with Crippen LogP contribution >= 0.6 is 11.3 Å². The van der Waals surface area contributed by atoms with Crippen molar-refractivity contribution in [2.75, 3.05) is 13.7 Å². The van der Waals surface area contributed by atoms with Crippen LogP contribution in [0.4, 0.5) is 0 Å². The lowest BCUT2D eigenvalue weighted by atomic mass is 10.1. The van der Waals surface area contributed by atoms with Gasteiger partial charge in [-0.05, 0) is 48.6 Å². The highest BCUT2D eigenvalue weighted by Crippen LogP contribution is 2.21. The molecule has 0 bridgehead atoms. The van der Waals surface area contributed by atoms with Gasteiger partial charge < -0.3 is 14.6 Å². The SMILES string of the molecule is COC(=O)c1ccc(C(=O)NCCCCCc2nc(-c3cccs3)no2)cc1. The van der Waals surface area contributed by atoms with Gasteiger partial charge in [0.1, 0.15) is 0 Å². The van der Waals surface area contributed by atoms with Gasteiger partial charge in [0.25, 0.3) is 5.91 Å². The van der Waals surface area contributed by atoms with Crippen molar-refractivity contribution in [3.05, 3.63) is 58.8 Å². The predicted molar refractivity (Wildman–Crippen MR) is 105 cm³/mol. The Labute approximate surface area is 166 Å². The zero-order chi connectivity index (χ0) is 19.8. The van der Waals surface area contributed by atoms with E-state index in [1.54, 1.807) is 35.6 Å². The number of amides is 1. The van der Waals surface area contributed by atoms with Crippen LogP contribution in [0.25, 0.3) is 10.7 Å². The zero-order valence-electron chi connectivity index (χ0n) is 15.5. The highest BCUT2D eigenvalue weighted by atomic mass is 32.1. The predicted octanol–water partition coefficient (Wildman–Crippen LogP) is 3.73. The van der Waals surface area contributed by atoms with Crippen molar-refractivity contribution in [2.24, 2.45) is 0 Å². The number of benzene rings is 1. The fourth-order valence-corrected chi connectivity index (χ4v) is 3.27. The summed E-state index contributed by atoms with van der Waals surface area (Å²) in [5.74, 6) is 0.693. The second-order valence-corrected chi connectivity index (χ2v) is 7.07. The molecule has 0 aliphatic rings. The molecule has 8 heteroatoms. The van der Waals surface area contributed by atoms with Crippen LogP contribution in [0.2, 0.25) is 0 Å². The monoisotopic (exact) mass is 399 g/mol. The van der Waals surface area contributed by atoms with Crippen LogP contribution in [-0.4, -0.2) is 35.7 Å². The second-order valence-electron chi connectivity index (χ2n) is 6.12. The van der Waals surface area contributed by atoms with Gasteiger partial charge >= 0.3 is 5.97 Å². The molecule has 7 nitrogen and oxygen atoms in total. The second kappa shape index (κ2) is 9.80. The first kappa shape index (κ1) is 19.8. The quantitative estimate of drug-likeness (QED) is 0.435. The number of esters is 1. The maximum atomic E-state index is 12.1. The van der Waals surface area contributed by atoms with E-state index in [2.05, 4.69) is 20.2 Å². The summed E-state index contributed by atoms with van der Waals surface area (Å²) in [6.07, 6.45) is 3.44. The third kappa shape index (κ3) is 5.26. The zero-order valence-corrected chi connectivity index (χ0v) is 16.3. The van der Waals surface area contributed by atoms with E-state index in [9.17, 15) is 9.59 Å². The summed E-state index contributed by atoms with van der Waals surface area (Å²) in [6.45, 7) is 0.585. The standard InChI is InChI=1S/C20H21N3O4S/c1-26-20(25)15-10-8-14(9-11-15)19(24)21-12-4-2-3-7-17-22-18(23-27-17)16-6-5-13-28-16/h5-6,8-11,13H,2-4,7,12H2,1H3,(H,21,24). The van der Waals surface area contributed by atoms with Gasteiger partial charge in [0.15, 0.2) is 0 Å². The van der Waals surface area contributed by atoms with Gasteiger partial charge in [-0.3, -0.25) is 4.79 Å². The summed E-state index contributed by atoms with van der Waals surface area (Å²) < 4.78 is 9.91. The average molecular weight is 399 g/mol. The summed E-state index contributed by atoms with van der Waals surface area (Å²) >= 11 is 1.58. The fraction of sp³-hybridized carbons (Fsp3) is 0.300. The maximum absolute atomic E-state index is 12.1. The lowest BCUT2D eigenvalue weighted by molar-refractivity contribution is 0.0600. The molecular weight excluding hydrogens is 378 g/mol. The molecular formula is C20H21N3O4S. The van der Waals surface area contributed by atoms with E-state index in [1.165, 1.54) is 7.11 Å². The van der Waals surface area contributed by atoms with E-state index in [1.807, 2.05) is 17.5 Å². The van der Waals surface area contributed by atoms with Crippen LogP contribution < -0.4 is 5.32 Å². The number of rotatable bonds is 9. The van der Waals surface area contributed by atoms with Crippen LogP contribution in [0.15, 0.2) is 46.3 Å². The minimum atomic E-state index is -0.421. The Morgan fingerprint density at radius 1 is 1.11 bits per heavy atom. The molecule has 28 heavy (non-hydrogen) atoms. The normalized spacial score (nSPS) is 10.6. The Bertz CT molecular complexity index is 904. The molecule has 0 saturated heterocycles. The molecule has 1 N–H and O–H groups in total. The largest absolute Gasteiger partial charge is 0.465 e. The van der Waals surface area contributed by atoms with Gasteiger partial charge in [-0.15, -0.1) is 11.3 Å². The molecule has 1 amide bonds. The number of carbonyl (C=O) groups is 2. The van der Waals surface area contributed by atoms with E-state index in [0.717, 1.165) is 30.6 Å². The number of carbonyl (C=O) groups excluding carboxylic acids is 2. The lowest BCUT2D eigenvalue weighted by Gasteiger charge is -2.05. The van der Waals surface area contributed by atoms with Crippen LogP contribution in [0.5, 0.6) is 0 Å². The van der Waals surface area contributed by atoms with Gasteiger partial charge in [-0.2, -0.15) is 4.98 Å². The van der Waals surface area contributed by atoms with Gasteiger partial charge in [-0.25, -0.2) is 4.79 Å². The molecule has 2 heterocycles. The molecule has 0 aliphatic carbocycles. The maximum Gasteiger partial charge on any atom is 0.337 e. The first-order valence-electron chi connectivity index (χ1n) is 9.00. The van der Waals surface area contributed by atoms with Crippen molar-refractivity contribution in [3.63, 3.8) is 0 Å². The van der Waals surface area contributed by atoms with E-state index in [-0.39, 0.29) is 5.91 Å². The highest BCUT2D eigenvalue weighted by Gasteiger charge is 2.10. The number of nitrogens with zero attached hydrogens (tertiary/aromatic N) is 2. The van der Waals surface area contributed by atoms with Gasteiger partial charge in [-0.1, -0.05) is 17.6 Å². The Kier molecular flexibility index (Phi) is 6.91. The summed E-state index contributed by atoms with van der Waals surface area (Å²) in [4.78, 5) is 28.9. The Balaban J connectivity index is 1.33. The molecule has 0 unspecified atom stereocenters. The van der Waals surface area contributed by atoms with Crippen LogP contribution in [-0.2, 0) is 11.2 Å². The van der Waals surface area contributed by atoms with E-state index >= 15 is 0 Å². The molecule has 0 saturated carbocycles. The number of hydrogen-bond acceptors (Lipinski definition) is 7. The number of thiophene rings is 1. The van der Waals surface area contributed by atoms with Crippen molar-refractivity contribution in [1.82, 2.24) is 15.5 Å². The third-order valence-electron chi connectivity index (χ3n) is 4.13. The van der Waals surface area contributed by atoms with E-state index in [0.29, 0.717) is 29.4 Å². The Morgan fingerprint density at radius 2 is 1.89 bits per heavy atom. The number of methoxy groups -OCH3 is 1. The Hall–Kier alpha value is -3.00. The summed E-state index contributed by atoms with van der Waals surface area (Å²) in [6, 6.07) is 10.3. The molecule has 0 spiro atoms. The van der Waals surface area contributed by atoms with Crippen molar-refractivity contribution in [1.29, 1.82) is 0 Å². The molecule has 0 radical (unpaired) electrons. The van der Waals surface area contributed by atoms with Gasteiger partial charge in [0.05, 0.1) is 17.6 Å². The molecule has 1 aromatic carbocycles. The third-order valence-corrected chi connectivity index (χ3v) is 5.00. The molecule has 3 aromatic rings. The molecule has 0 atom stereocenters. The lowest BCUT2D eigenvalue weighted by Crippen LogP contribution is -2.24. The number of hydrogen-bond donors (Lipinski definition) is 1. The summed E-state index contributed by atoms with van der Waals surface area (Å²) in [7, 11) is 1.32. The molecule has 3 rings (SSSR count). The van der Waals surface area contributed by atoms with Crippen LogP contribution in [0, 0.1) is 0 Å². The Morgan fingerprint density at radius 3 is 2.61 bits per heavy atom. The van der Waals surface area contributed by atoms with Gasteiger partial charge in [0, 0.05) is 18.5 Å². The molecule has 146 valence electrons. The van der Waals surface area contributed by atoms with E-state index < -0.39 is 5.97 Å². The van der Waals surface area contributed by atoms with E-state index in [4.69, 9.17) is 4.52 Å². The summed E-state index contributed by atoms with van der Waals surface area (Å²) in [5.41, 5.74) is 0.932. The molecule has 0 fully saturated rings. The number of aromatic nitrogens is 2. The molecule has 2 aromatic heterocycles. The first-order chi connectivity index (χ1) is 13.7. The minimum absolute atomic E-state index is 0.158. The number of aryl methyl sites for hydroxylation is 1. The highest BCUT2D eigenvalue weighted by molar-refractivity contribution is 7.13. The number of nitrogens with one attached hydrogen (secondary N) is 1. The first-order valence-corrected chi connectivity index (χ1v) is 9.88. The fourth-order valence-electron chi connectivity index (χ4n) is 2.62. The smallest absolute Gasteiger partial charge is 0.337 e. The van der Waals surface area contributed by atoms with Crippen molar-refractivity contribution in [3.8, 4) is 10.7 Å². The summed E-state index contributed by atoms with van der Waals surface area (Å²) in [5, 5.41) is 8.85. The van der Waals surface area contributed by atoms with Gasteiger partial charge in [0.2, 0.25) is 11.7 Å². The van der Waals surface area contributed by atoms with Crippen molar-refractivity contribution in [2.45, 2.75) is 25.7 Å². The molecule has 0 aliphatic heterocycles. The van der Waals surface area contributed by atoms with Crippen molar-refractivity contribution < 1.29 is 18.8 Å². The number of ether oxygens (including phenoxy) is 1. The average Bonchev–Trinajstić information content (AvgIpc) is 3.41. The number of unbranched alkanes of at least 4 members (excludes halogenated alkanes) is 2. The van der Waals surface area contributed by atoms with Crippen LogP contribution in [0.3, 0.4) is 0 Å².